The molecule has 0 spiro atoms. The third-order valence-corrected chi connectivity index (χ3v) is 3.26. The summed E-state index contributed by atoms with van der Waals surface area (Å²) < 4.78 is 7.17. The van der Waals surface area contributed by atoms with Gasteiger partial charge < -0.3 is 9.84 Å². The van der Waals surface area contributed by atoms with E-state index in [1.54, 1.807) is 18.3 Å². The number of pyridine rings is 1. The van der Waals surface area contributed by atoms with E-state index in [2.05, 4.69) is 0 Å². The van der Waals surface area contributed by atoms with Crippen molar-refractivity contribution in [1.29, 1.82) is 0 Å². The second-order valence-corrected chi connectivity index (χ2v) is 4.27. The molecule has 4 atom stereocenters. The zero-order chi connectivity index (χ0) is 11.7. The predicted molar refractivity (Wildman–Crippen MR) is 60.1 cm³/mol. The molecule has 4 nitrogen and oxygen atoms in total. The Morgan fingerprint density at radius 1 is 1.50 bits per heavy atom. The summed E-state index contributed by atoms with van der Waals surface area (Å²) in [4.78, 5) is 11.6. The van der Waals surface area contributed by atoms with Crippen LogP contribution in [0, 0.1) is 5.92 Å². The number of aliphatic hydroxyl groups is 1. The zero-order valence-electron chi connectivity index (χ0n) is 9.54. The van der Waals surface area contributed by atoms with E-state index in [-0.39, 0.29) is 17.6 Å². The fourth-order valence-corrected chi connectivity index (χ4v) is 2.21. The van der Waals surface area contributed by atoms with Crippen molar-refractivity contribution >= 4 is 0 Å². The van der Waals surface area contributed by atoms with E-state index in [0.29, 0.717) is 0 Å². The second-order valence-electron chi connectivity index (χ2n) is 4.27. The van der Waals surface area contributed by atoms with Crippen LogP contribution in [0.5, 0.6) is 0 Å². The number of ether oxygens (including phenoxy) is 1. The predicted octanol–water partition coefficient (Wildman–Crippen LogP) is 1.15. The van der Waals surface area contributed by atoms with Crippen LogP contribution in [0.3, 0.4) is 0 Å². The normalized spacial score (nSPS) is 34.2. The average Bonchev–Trinajstić information content (AvgIpc) is 2.57. The Kier molecular flexibility index (Phi) is 3.12. The Morgan fingerprint density at radius 3 is 2.81 bits per heavy atom. The highest BCUT2D eigenvalue weighted by atomic mass is 16.5. The van der Waals surface area contributed by atoms with Crippen molar-refractivity contribution in [2.75, 3.05) is 0 Å². The Bertz CT molecular complexity index is 415. The molecule has 1 aromatic rings. The van der Waals surface area contributed by atoms with E-state index < -0.39 is 12.3 Å². The molecule has 1 aliphatic heterocycles. The molecule has 2 heterocycles. The van der Waals surface area contributed by atoms with Gasteiger partial charge in [-0.1, -0.05) is 19.9 Å². The summed E-state index contributed by atoms with van der Waals surface area (Å²) in [7, 11) is 0. The van der Waals surface area contributed by atoms with Crippen molar-refractivity contribution in [2.24, 2.45) is 5.92 Å². The van der Waals surface area contributed by atoms with Crippen LogP contribution in [0.15, 0.2) is 29.2 Å². The molecule has 1 saturated heterocycles. The Hall–Kier alpha value is -1.13. The Labute approximate surface area is 94.5 Å². The topological polar surface area (TPSA) is 51.5 Å². The minimum atomic E-state index is -0.620. The minimum Gasteiger partial charge on any atom is -0.388 e. The summed E-state index contributed by atoms with van der Waals surface area (Å²) >= 11 is 0. The van der Waals surface area contributed by atoms with Crippen LogP contribution in [-0.2, 0) is 4.74 Å². The maximum Gasteiger partial charge on any atom is 0.252 e. The van der Waals surface area contributed by atoms with Crippen LogP contribution in [0.2, 0.25) is 0 Å². The van der Waals surface area contributed by atoms with Gasteiger partial charge in [0.15, 0.2) is 6.23 Å². The van der Waals surface area contributed by atoms with E-state index in [1.807, 2.05) is 13.8 Å². The van der Waals surface area contributed by atoms with Crippen LogP contribution in [-0.4, -0.2) is 21.9 Å². The number of rotatable bonds is 2. The van der Waals surface area contributed by atoms with Gasteiger partial charge in [0.1, 0.15) is 6.10 Å². The molecule has 1 fully saturated rings. The van der Waals surface area contributed by atoms with Crippen molar-refractivity contribution in [3.63, 3.8) is 0 Å². The molecular formula is C12H17NO3. The maximum atomic E-state index is 11.6. The number of hydrogen-bond acceptors (Lipinski definition) is 3. The van der Waals surface area contributed by atoms with Crippen LogP contribution in [0.4, 0.5) is 0 Å². The van der Waals surface area contributed by atoms with E-state index in [4.69, 9.17) is 4.74 Å². The van der Waals surface area contributed by atoms with Crippen LogP contribution in [0.25, 0.3) is 0 Å². The van der Waals surface area contributed by atoms with E-state index in [9.17, 15) is 9.90 Å². The molecule has 1 N–H and O–H groups in total. The van der Waals surface area contributed by atoms with Gasteiger partial charge in [-0.25, -0.2) is 0 Å². The fraction of sp³-hybridized carbons (Fsp3) is 0.583. The molecule has 4 heteroatoms. The van der Waals surface area contributed by atoms with E-state index in [1.165, 1.54) is 10.6 Å². The molecule has 0 saturated carbocycles. The molecule has 2 rings (SSSR count). The number of hydrogen-bond donors (Lipinski definition) is 1. The van der Waals surface area contributed by atoms with Gasteiger partial charge in [0.25, 0.3) is 5.56 Å². The van der Waals surface area contributed by atoms with Gasteiger partial charge in [-0.05, 0) is 12.5 Å². The lowest BCUT2D eigenvalue weighted by Crippen LogP contribution is -2.30. The lowest BCUT2D eigenvalue weighted by atomic mass is 9.99. The standard InChI is InChI=1S/C12H17NO3/c1-3-9-8(2)11(15)12(16-9)13-7-5-4-6-10(13)14/h4-9,11-12,15H,3H2,1-2H3/t8-,9-,11+,12-/m1/s1. The van der Waals surface area contributed by atoms with Crippen LogP contribution < -0.4 is 5.56 Å². The highest BCUT2D eigenvalue weighted by molar-refractivity contribution is 4.97. The molecule has 0 aliphatic carbocycles. The molecule has 1 aliphatic rings. The van der Waals surface area contributed by atoms with Gasteiger partial charge in [0.05, 0.1) is 6.10 Å². The van der Waals surface area contributed by atoms with Crippen molar-refractivity contribution in [3.05, 3.63) is 34.7 Å². The first-order valence-electron chi connectivity index (χ1n) is 5.66. The first kappa shape index (κ1) is 11.4. The quantitative estimate of drug-likeness (QED) is 0.818. The third-order valence-electron chi connectivity index (χ3n) is 3.26. The molecule has 0 unspecified atom stereocenters. The second kappa shape index (κ2) is 4.39. The summed E-state index contributed by atoms with van der Waals surface area (Å²) in [5.41, 5.74) is -0.143. The third kappa shape index (κ3) is 1.79. The maximum absolute atomic E-state index is 11.6. The largest absolute Gasteiger partial charge is 0.388 e. The Balaban J connectivity index is 2.30. The Morgan fingerprint density at radius 2 is 2.25 bits per heavy atom. The highest BCUT2D eigenvalue weighted by Crippen LogP contribution is 2.34. The van der Waals surface area contributed by atoms with Crippen molar-refractivity contribution in [1.82, 2.24) is 4.57 Å². The monoisotopic (exact) mass is 223 g/mol. The summed E-state index contributed by atoms with van der Waals surface area (Å²) in [6.07, 6.45) is 1.35. The SMILES string of the molecule is CC[C@H]1O[C@@H](n2ccccc2=O)[C@@H](O)[C@@H]1C. The van der Waals surface area contributed by atoms with Gasteiger partial charge in [-0.15, -0.1) is 0 Å². The van der Waals surface area contributed by atoms with Crippen LogP contribution in [0.1, 0.15) is 26.5 Å². The molecule has 16 heavy (non-hydrogen) atoms. The summed E-state index contributed by atoms with van der Waals surface area (Å²) in [6.45, 7) is 3.97. The van der Waals surface area contributed by atoms with E-state index >= 15 is 0 Å². The van der Waals surface area contributed by atoms with Crippen molar-refractivity contribution in [3.8, 4) is 0 Å². The molecule has 0 radical (unpaired) electrons. The van der Waals surface area contributed by atoms with Gasteiger partial charge in [-0.2, -0.15) is 0 Å². The highest BCUT2D eigenvalue weighted by Gasteiger charge is 2.40. The molecular weight excluding hydrogens is 206 g/mol. The van der Waals surface area contributed by atoms with Gasteiger partial charge in [-0.3, -0.25) is 9.36 Å². The lowest BCUT2D eigenvalue weighted by Gasteiger charge is -2.17. The molecule has 0 bridgehead atoms. The molecule has 1 aromatic heterocycles. The lowest BCUT2D eigenvalue weighted by molar-refractivity contribution is -0.0396. The minimum absolute atomic E-state index is 0.0205. The zero-order valence-corrected chi connectivity index (χ0v) is 9.54. The van der Waals surface area contributed by atoms with Crippen molar-refractivity contribution < 1.29 is 9.84 Å². The average molecular weight is 223 g/mol. The summed E-state index contributed by atoms with van der Waals surface area (Å²) in [6, 6.07) is 4.92. The van der Waals surface area contributed by atoms with Gasteiger partial charge in [0, 0.05) is 18.2 Å². The molecule has 0 aromatic carbocycles. The van der Waals surface area contributed by atoms with Crippen molar-refractivity contribution in [2.45, 2.75) is 38.7 Å². The smallest absolute Gasteiger partial charge is 0.252 e. The van der Waals surface area contributed by atoms with Gasteiger partial charge >= 0.3 is 0 Å². The van der Waals surface area contributed by atoms with Crippen LogP contribution >= 0.6 is 0 Å². The fourth-order valence-electron chi connectivity index (χ4n) is 2.21. The molecule has 88 valence electrons. The number of aliphatic hydroxyl groups excluding tert-OH is 1. The molecule has 0 amide bonds. The summed E-state index contributed by atoms with van der Waals surface area (Å²) in [5.74, 6) is 0.0575. The number of nitrogens with zero attached hydrogens (tertiary/aromatic N) is 1. The first-order chi connectivity index (χ1) is 7.65. The summed E-state index contributed by atoms with van der Waals surface area (Å²) in [5, 5.41) is 10.1. The first-order valence-corrected chi connectivity index (χ1v) is 5.66. The van der Waals surface area contributed by atoms with E-state index in [0.717, 1.165) is 6.42 Å². The number of aromatic nitrogens is 1. The van der Waals surface area contributed by atoms with Gasteiger partial charge in [0.2, 0.25) is 0 Å².